The second-order valence-electron chi connectivity index (χ2n) is 3.54. The fourth-order valence-corrected chi connectivity index (χ4v) is 2.68. The lowest BCUT2D eigenvalue weighted by molar-refractivity contribution is 0.198. The molecular formula is C11H24BrNS. The second kappa shape index (κ2) is 10.3. The molecule has 14 heavy (non-hydrogen) atoms. The van der Waals surface area contributed by atoms with Crippen LogP contribution in [0.25, 0.3) is 0 Å². The van der Waals surface area contributed by atoms with E-state index in [9.17, 15) is 0 Å². The van der Waals surface area contributed by atoms with Crippen molar-refractivity contribution >= 4 is 27.7 Å². The Morgan fingerprint density at radius 2 is 1.86 bits per heavy atom. The molecule has 0 aromatic heterocycles. The smallest absolute Gasteiger partial charge is 0.0159 e. The molecule has 0 saturated heterocycles. The minimum absolute atomic E-state index is 0.786. The number of alkyl halides is 1. The van der Waals surface area contributed by atoms with Gasteiger partial charge in [-0.1, -0.05) is 29.8 Å². The van der Waals surface area contributed by atoms with E-state index in [1.165, 1.54) is 38.1 Å². The van der Waals surface area contributed by atoms with Gasteiger partial charge in [-0.25, -0.2) is 0 Å². The van der Waals surface area contributed by atoms with Gasteiger partial charge in [-0.05, 0) is 37.8 Å². The molecule has 0 aliphatic carbocycles. The van der Waals surface area contributed by atoms with E-state index in [-0.39, 0.29) is 0 Å². The van der Waals surface area contributed by atoms with E-state index in [2.05, 4.69) is 40.9 Å². The average Bonchev–Trinajstić information content (AvgIpc) is 2.20. The Hall–Kier alpha value is 0.790. The molecule has 0 saturated carbocycles. The molecule has 0 aliphatic rings. The maximum atomic E-state index is 3.54. The Bertz CT molecular complexity index is 118. The minimum Gasteiger partial charge on any atom is -0.300 e. The van der Waals surface area contributed by atoms with Gasteiger partial charge in [-0.2, -0.15) is 11.8 Å². The van der Waals surface area contributed by atoms with Crippen molar-refractivity contribution in [3.05, 3.63) is 0 Å². The summed E-state index contributed by atoms with van der Waals surface area (Å²) in [6.07, 6.45) is 6.07. The third-order valence-electron chi connectivity index (χ3n) is 2.62. The van der Waals surface area contributed by atoms with Crippen LogP contribution in [0, 0.1) is 0 Å². The lowest BCUT2D eigenvalue weighted by atomic mass is 10.1. The zero-order valence-electron chi connectivity index (χ0n) is 9.76. The predicted molar refractivity (Wildman–Crippen MR) is 72.7 cm³/mol. The van der Waals surface area contributed by atoms with Gasteiger partial charge in [-0.3, -0.25) is 4.90 Å². The van der Waals surface area contributed by atoms with Gasteiger partial charge in [0.15, 0.2) is 0 Å². The van der Waals surface area contributed by atoms with E-state index in [0.717, 1.165) is 11.4 Å². The second-order valence-corrected chi connectivity index (χ2v) is 5.32. The lowest BCUT2D eigenvalue weighted by Crippen LogP contribution is -2.36. The maximum Gasteiger partial charge on any atom is 0.0159 e. The number of thioether (sulfide) groups is 1. The van der Waals surface area contributed by atoms with Gasteiger partial charge in [0.25, 0.3) is 0 Å². The van der Waals surface area contributed by atoms with E-state index < -0.39 is 0 Å². The van der Waals surface area contributed by atoms with Crippen molar-refractivity contribution in [3.8, 4) is 0 Å². The molecule has 0 atom stereocenters. The number of rotatable bonds is 9. The van der Waals surface area contributed by atoms with Crippen molar-refractivity contribution in [3.63, 3.8) is 0 Å². The summed E-state index contributed by atoms with van der Waals surface area (Å²) in [4.78, 5) is 2.63. The van der Waals surface area contributed by atoms with E-state index in [1.807, 2.05) is 11.8 Å². The largest absolute Gasteiger partial charge is 0.300 e. The van der Waals surface area contributed by atoms with Gasteiger partial charge in [0, 0.05) is 17.9 Å². The topological polar surface area (TPSA) is 3.24 Å². The van der Waals surface area contributed by atoms with Gasteiger partial charge < -0.3 is 0 Å². The summed E-state index contributed by atoms with van der Waals surface area (Å²) < 4.78 is 0. The van der Waals surface area contributed by atoms with Crippen LogP contribution in [0.5, 0.6) is 0 Å². The van der Waals surface area contributed by atoms with Crippen LogP contribution in [0.15, 0.2) is 0 Å². The highest BCUT2D eigenvalue weighted by molar-refractivity contribution is 9.09. The zero-order valence-corrected chi connectivity index (χ0v) is 12.2. The third-order valence-corrected chi connectivity index (χ3v) is 3.68. The SMILES string of the molecule is CCC(CC)N(CCBr)CCCSC. The molecule has 0 amide bonds. The molecule has 0 spiro atoms. The quantitative estimate of drug-likeness (QED) is 0.469. The summed E-state index contributed by atoms with van der Waals surface area (Å²) in [5.74, 6) is 1.29. The summed E-state index contributed by atoms with van der Waals surface area (Å²) >= 11 is 5.49. The molecule has 0 fully saturated rings. The third kappa shape index (κ3) is 6.31. The first-order valence-corrected chi connectivity index (χ1v) is 8.10. The molecule has 0 heterocycles. The molecule has 3 heteroatoms. The van der Waals surface area contributed by atoms with Crippen LogP contribution in [0.1, 0.15) is 33.1 Å². The first-order chi connectivity index (χ1) is 6.79. The van der Waals surface area contributed by atoms with E-state index >= 15 is 0 Å². The van der Waals surface area contributed by atoms with E-state index in [0.29, 0.717) is 0 Å². The summed E-state index contributed by atoms with van der Waals surface area (Å²) in [5, 5.41) is 1.10. The van der Waals surface area contributed by atoms with Crippen molar-refractivity contribution in [2.75, 3.05) is 30.4 Å². The van der Waals surface area contributed by atoms with Gasteiger partial charge in [-0.15, -0.1) is 0 Å². The van der Waals surface area contributed by atoms with Crippen LogP contribution in [0.3, 0.4) is 0 Å². The average molecular weight is 282 g/mol. The maximum absolute atomic E-state index is 3.54. The minimum atomic E-state index is 0.786. The molecule has 1 nitrogen and oxygen atoms in total. The first kappa shape index (κ1) is 14.8. The Balaban J connectivity index is 3.85. The number of hydrogen-bond donors (Lipinski definition) is 0. The van der Waals surface area contributed by atoms with Crippen molar-refractivity contribution in [1.29, 1.82) is 0 Å². The van der Waals surface area contributed by atoms with Gasteiger partial charge in [0.1, 0.15) is 0 Å². The summed E-state index contributed by atoms with van der Waals surface area (Å²) in [7, 11) is 0. The van der Waals surface area contributed by atoms with Crippen molar-refractivity contribution in [2.45, 2.75) is 39.2 Å². The first-order valence-electron chi connectivity index (χ1n) is 5.59. The molecule has 0 aromatic rings. The molecule has 0 radical (unpaired) electrons. The van der Waals surface area contributed by atoms with Crippen molar-refractivity contribution < 1.29 is 0 Å². The van der Waals surface area contributed by atoms with Crippen LogP contribution >= 0.6 is 27.7 Å². The van der Waals surface area contributed by atoms with Crippen LogP contribution < -0.4 is 0 Å². The molecule has 0 rings (SSSR count). The summed E-state index contributed by atoms with van der Waals surface area (Å²) in [5.41, 5.74) is 0. The lowest BCUT2D eigenvalue weighted by Gasteiger charge is -2.29. The van der Waals surface area contributed by atoms with Crippen LogP contribution in [0.4, 0.5) is 0 Å². The van der Waals surface area contributed by atoms with Crippen LogP contribution in [0.2, 0.25) is 0 Å². The molecule has 0 N–H and O–H groups in total. The van der Waals surface area contributed by atoms with Crippen molar-refractivity contribution in [2.24, 2.45) is 0 Å². The van der Waals surface area contributed by atoms with E-state index in [1.54, 1.807) is 0 Å². The van der Waals surface area contributed by atoms with E-state index in [4.69, 9.17) is 0 Å². The fraction of sp³-hybridized carbons (Fsp3) is 1.00. The monoisotopic (exact) mass is 281 g/mol. The molecule has 0 aliphatic heterocycles. The predicted octanol–water partition coefficient (Wildman–Crippen LogP) is 3.63. The Labute approximate surface area is 102 Å². The summed E-state index contributed by atoms with van der Waals surface area (Å²) in [6.45, 7) is 7.05. The Morgan fingerprint density at radius 3 is 2.29 bits per heavy atom. The zero-order chi connectivity index (χ0) is 10.8. The highest BCUT2D eigenvalue weighted by Gasteiger charge is 2.13. The molecule has 0 unspecified atom stereocenters. The standard InChI is InChI=1S/C11H24BrNS/c1-4-11(5-2)13(9-7-12)8-6-10-14-3/h11H,4-10H2,1-3H3. The number of hydrogen-bond acceptors (Lipinski definition) is 2. The Kier molecular flexibility index (Phi) is 10.9. The van der Waals surface area contributed by atoms with Crippen LogP contribution in [-0.4, -0.2) is 41.4 Å². The molecule has 86 valence electrons. The number of nitrogens with zero attached hydrogens (tertiary/aromatic N) is 1. The summed E-state index contributed by atoms with van der Waals surface area (Å²) in [6, 6.07) is 0.786. The van der Waals surface area contributed by atoms with Crippen LogP contribution in [-0.2, 0) is 0 Å². The van der Waals surface area contributed by atoms with Gasteiger partial charge >= 0.3 is 0 Å². The highest BCUT2D eigenvalue weighted by atomic mass is 79.9. The highest BCUT2D eigenvalue weighted by Crippen LogP contribution is 2.10. The normalized spacial score (nSPS) is 11.6. The molecule has 0 bridgehead atoms. The Morgan fingerprint density at radius 1 is 1.21 bits per heavy atom. The molecular weight excluding hydrogens is 258 g/mol. The van der Waals surface area contributed by atoms with Crippen molar-refractivity contribution in [1.82, 2.24) is 4.90 Å². The van der Waals surface area contributed by atoms with Gasteiger partial charge in [0.05, 0.1) is 0 Å². The van der Waals surface area contributed by atoms with Gasteiger partial charge in [0.2, 0.25) is 0 Å². The fourth-order valence-electron chi connectivity index (χ4n) is 1.80. The number of halogens is 1. The molecule has 0 aromatic carbocycles.